The maximum Gasteiger partial charge on any atom is 0.242 e. The lowest BCUT2D eigenvalue weighted by Gasteiger charge is -2.00. The minimum atomic E-state index is -2.29. The largest absolute Gasteiger partial charge is 0.399 e. The van der Waals surface area contributed by atoms with Crippen LogP contribution in [0.2, 0.25) is 0 Å². The Morgan fingerprint density at radius 3 is 2.50 bits per heavy atom. The molecule has 0 atom stereocenters. The molecule has 12 heavy (non-hydrogen) atoms. The molecule has 0 aliphatic heterocycles. The van der Waals surface area contributed by atoms with E-state index in [1.807, 2.05) is 0 Å². The molecule has 2 N–H and O–H groups in total. The number of rotatable bonds is 2. The molecule has 0 aliphatic rings. The zero-order valence-corrected chi connectivity index (χ0v) is 7.15. The predicted molar refractivity (Wildman–Crippen MR) is 47.8 cm³/mol. The van der Waals surface area contributed by atoms with Gasteiger partial charge < -0.3 is 5.73 Å². The first-order chi connectivity index (χ1) is 5.18. The lowest BCUT2D eigenvalue weighted by Crippen LogP contribution is -1.97. The normalized spacial score (nSPS) is 9.58. The van der Waals surface area contributed by atoms with E-state index in [0.717, 1.165) is 0 Å². The molecule has 0 saturated carbocycles. The van der Waals surface area contributed by atoms with E-state index in [-0.39, 0.29) is 18.8 Å². The van der Waals surface area contributed by atoms with Crippen molar-refractivity contribution < 1.29 is 8.78 Å². The van der Waals surface area contributed by atoms with E-state index >= 15 is 0 Å². The zero-order chi connectivity index (χ0) is 8.27. The van der Waals surface area contributed by atoms with Crippen LogP contribution >= 0.6 is 12.4 Å². The summed E-state index contributed by atoms with van der Waals surface area (Å²) in [5, 5.41) is 0. The predicted octanol–water partition coefficient (Wildman–Crippen LogP) is 2.50. The molecule has 0 radical (unpaired) electrons. The van der Waals surface area contributed by atoms with Crippen molar-refractivity contribution in [1.82, 2.24) is 0 Å². The lowest BCUT2D eigenvalue weighted by atomic mass is 10.1. The van der Waals surface area contributed by atoms with Crippen LogP contribution in [-0.4, -0.2) is 6.43 Å². The number of nitrogen functional groups attached to an aromatic ring is 1. The van der Waals surface area contributed by atoms with Crippen LogP contribution in [0.1, 0.15) is 5.56 Å². The standard InChI is InChI=1S/C8H9F2N.ClH/c9-8(10)5-6-2-1-3-7(11)4-6;/h1-4,8H,5,11H2;1H. The smallest absolute Gasteiger partial charge is 0.242 e. The summed E-state index contributed by atoms with van der Waals surface area (Å²) >= 11 is 0. The second kappa shape index (κ2) is 4.93. The molecular weight excluding hydrogens is 184 g/mol. The van der Waals surface area contributed by atoms with Crippen LogP contribution in [-0.2, 0) is 6.42 Å². The van der Waals surface area contributed by atoms with Gasteiger partial charge in [-0.05, 0) is 17.7 Å². The van der Waals surface area contributed by atoms with Gasteiger partial charge in [-0.1, -0.05) is 12.1 Å². The number of halogens is 3. The van der Waals surface area contributed by atoms with Gasteiger partial charge in [-0.2, -0.15) is 0 Å². The lowest BCUT2D eigenvalue weighted by molar-refractivity contribution is 0.149. The summed E-state index contributed by atoms with van der Waals surface area (Å²) in [6, 6.07) is 6.55. The molecule has 1 rings (SSSR count). The number of anilines is 1. The third kappa shape index (κ3) is 3.53. The van der Waals surface area contributed by atoms with Gasteiger partial charge in [-0.3, -0.25) is 0 Å². The van der Waals surface area contributed by atoms with Crippen LogP contribution in [0.15, 0.2) is 24.3 Å². The Kier molecular flexibility index (Phi) is 4.59. The molecule has 0 heterocycles. The monoisotopic (exact) mass is 193 g/mol. The summed E-state index contributed by atoms with van der Waals surface area (Å²) in [4.78, 5) is 0. The first-order valence-corrected chi connectivity index (χ1v) is 3.31. The number of hydrogen-bond acceptors (Lipinski definition) is 1. The van der Waals surface area contributed by atoms with Gasteiger partial charge in [0.05, 0.1) is 0 Å². The summed E-state index contributed by atoms with van der Waals surface area (Å²) in [7, 11) is 0. The van der Waals surface area contributed by atoms with Gasteiger partial charge in [0.1, 0.15) is 0 Å². The van der Waals surface area contributed by atoms with Crippen molar-refractivity contribution >= 4 is 18.1 Å². The molecule has 0 unspecified atom stereocenters. The second-order valence-electron chi connectivity index (χ2n) is 2.34. The third-order valence-corrected chi connectivity index (χ3v) is 1.34. The minimum absolute atomic E-state index is 0. The molecule has 0 amide bonds. The van der Waals surface area contributed by atoms with Gasteiger partial charge in [0.15, 0.2) is 0 Å². The van der Waals surface area contributed by atoms with Crippen molar-refractivity contribution in [3.63, 3.8) is 0 Å². The maximum absolute atomic E-state index is 11.8. The van der Waals surface area contributed by atoms with Crippen LogP contribution in [0.3, 0.4) is 0 Å². The van der Waals surface area contributed by atoms with Crippen molar-refractivity contribution in [3.8, 4) is 0 Å². The average Bonchev–Trinajstić information content (AvgIpc) is 1.85. The Labute approximate surface area is 76.0 Å². The van der Waals surface area contributed by atoms with Gasteiger partial charge in [-0.25, -0.2) is 8.78 Å². The highest BCUT2D eigenvalue weighted by Gasteiger charge is 2.03. The Morgan fingerprint density at radius 1 is 1.33 bits per heavy atom. The molecular formula is C8H10ClF2N. The molecule has 0 aliphatic carbocycles. The topological polar surface area (TPSA) is 26.0 Å². The minimum Gasteiger partial charge on any atom is -0.399 e. The Morgan fingerprint density at radius 2 is 2.00 bits per heavy atom. The van der Waals surface area contributed by atoms with Gasteiger partial charge in [0.25, 0.3) is 0 Å². The molecule has 0 bridgehead atoms. The number of benzene rings is 1. The van der Waals surface area contributed by atoms with Gasteiger partial charge in [0.2, 0.25) is 6.43 Å². The highest BCUT2D eigenvalue weighted by Crippen LogP contribution is 2.10. The molecule has 1 aromatic carbocycles. The quantitative estimate of drug-likeness (QED) is 0.718. The fourth-order valence-electron chi connectivity index (χ4n) is 0.898. The van der Waals surface area contributed by atoms with E-state index in [9.17, 15) is 8.78 Å². The Hall–Kier alpha value is -0.830. The van der Waals surface area contributed by atoms with Crippen molar-refractivity contribution in [2.24, 2.45) is 0 Å². The van der Waals surface area contributed by atoms with Gasteiger partial charge >= 0.3 is 0 Å². The molecule has 68 valence electrons. The van der Waals surface area contributed by atoms with E-state index < -0.39 is 6.43 Å². The number of nitrogens with two attached hydrogens (primary N) is 1. The van der Waals surface area contributed by atoms with E-state index in [1.165, 1.54) is 0 Å². The van der Waals surface area contributed by atoms with Crippen LogP contribution in [0, 0.1) is 0 Å². The second-order valence-corrected chi connectivity index (χ2v) is 2.34. The highest BCUT2D eigenvalue weighted by molar-refractivity contribution is 5.85. The van der Waals surface area contributed by atoms with Crippen molar-refractivity contribution in [2.75, 3.05) is 5.73 Å². The third-order valence-electron chi connectivity index (χ3n) is 1.34. The summed E-state index contributed by atoms with van der Waals surface area (Å²) in [6.07, 6.45) is -2.51. The molecule has 0 saturated heterocycles. The molecule has 4 heteroatoms. The van der Waals surface area contributed by atoms with Crippen molar-refractivity contribution in [2.45, 2.75) is 12.8 Å². The molecule has 0 fully saturated rings. The first-order valence-electron chi connectivity index (χ1n) is 3.31. The van der Waals surface area contributed by atoms with Crippen LogP contribution in [0.4, 0.5) is 14.5 Å². The Balaban J connectivity index is 0.00000121. The SMILES string of the molecule is Cl.Nc1cccc(CC(F)F)c1. The van der Waals surface area contributed by atoms with Crippen molar-refractivity contribution in [1.29, 1.82) is 0 Å². The van der Waals surface area contributed by atoms with Crippen molar-refractivity contribution in [3.05, 3.63) is 29.8 Å². The average molecular weight is 194 g/mol. The molecule has 0 spiro atoms. The summed E-state index contributed by atoms with van der Waals surface area (Å²) in [5.41, 5.74) is 6.50. The van der Waals surface area contributed by atoms with E-state index in [1.54, 1.807) is 24.3 Å². The summed E-state index contributed by atoms with van der Waals surface area (Å²) < 4.78 is 23.6. The highest BCUT2D eigenvalue weighted by atomic mass is 35.5. The first kappa shape index (κ1) is 11.2. The fraction of sp³-hybridized carbons (Fsp3) is 0.250. The zero-order valence-electron chi connectivity index (χ0n) is 6.34. The van der Waals surface area contributed by atoms with Crippen LogP contribution in [0.25, 0.3) is 0 Å². The maximum atomic E-state index is 11.8. The summed E-state index contributed by atoms with van der Waals surface area (Å²) in [6.45, 7) is 0. The van der Waals surface area contributed by atoms with E-state index in [2.05, 4.69) is 0 Å². The van der Waals surface area contributed by atoms with Gasteiger partial charge in [0, 0.05) is 12.1 Å². The van der Waals surface area contributed by atoms with E-state index in [4.69, 9.17) is 5.73 Å². The molecule has 0 aromatic heterocycles. The molecule has 1 aromatic rings. The van der Waals surface area contributed by atoms with Crippen LogP contribution in [0.5, 0.6) is 0 Å². The Bertz CT molecular complexity index is 240. The van der Waals surface area contributed by atoms with Crippen LogP contribution < -0.4 is 5.73 Å². The summed E-state index contributed by atoms with van der Waals surface area (Å²) in [5.74, 6) is 0. The molecule has 1 nitrogen and oxygen atoms in total. The van der Waals surface area contributed by atoms with E-state index in [0.29, 0.717) is 11.3 Å². The number of alkyl halides is 2. The fourth-order valence-corrected chi connectivity index (χ4v) is 0.898. The van der Waals surface area contributed by atoms with Gasteiger partial charge in [-0.15, -0.1) is 12.4 Å². The number of hydrogen-bond donors (Lipinski definition) is 1.